The number of methoxy groups -OCH3 is 1. The molecule has 2 rings (SSSR count). The van der Waals surface area contributed by atoms with Crippen molar-refractivity contribution in [2.45, 2.75) is 19.9 Å². The van der Waals surface area contributed by atoms with Crippen LogP contribution in [0.5, 0.6) is 5.75 Å². The second-order valence-corrected chi connectivity index (χ2v) is 5.21. The van der Waals surface area contributed by atoms with Gasteiger partial charge in [-0.25, -0.2) is 8.78 Å². The molecule has 0 fully saturated rings. The van der Waals surface area contributed by atoms with Crippen molar-refractivity contribution < 1.29 is 13.5 Å². The van der Waals surface area contributed by atoms with Crippen LogP contribution in [0.2, 0.25) is 5.02 Å². The average Bonchev–Trinajstić information content (AvgIpc) is 2.42. The Hall–Kier alpha value is -1.81. The molecular weight excluding hydrogens is 296 g/mol. The van der Waals surface area contributed by atoms with Gasteiger partial charge in [0.2, 0.25) is 0 Å². The minimum Gasteiger partial charge on any atom is -0.495 e. The zero-order valence-electron chi connectivity index (χ0n) is 12.0. The zero-order chi connectivity index (χ0) is 15.6. The first-order valence-electron chi connectivity index (χ1n) is 6.48. The van der Waals surface area contributed by atoms with Crippen molar-refractivity contribution in [1.29, 1.82) is 0 Å². The fourth-order valence-electron chi connectivity index (χ4n) is 2.17. The number of rotatable bonds is 4. The van der Waals surface area contributed by atoms with Gasteiger partial charge in [0.25, 0.3) is 0 Å². The van der Waals surface area contributed by atoms with Gasteiger partial charge in [-0.15, -0.1) is 0 Å². The topological polar surface area (TPSA) is 21.3 Å². The molecule has 1 unspecified atom stereocenters. The summed E-state index contributed by atoms with van der Waals surface area (Å²) in [5.74, 6) is -0.645. The molecule has 0 aliphatic rings. The number of aryl methyl sites for hydroxylation is 1. The highest BCUT2D eigenvalue weighted by Gasteiger charge is 2.17. The van der Waals surface area contributed by atoms with Crippen LogP contribution in [-0.2, 0) is 0 Å². The largest absolute Gasteiger partial charge is 0.495 e. The summed E-state index contributed by atoms with van der Waals surface area (Å²) in [7, 11) is 1.51. The second-order valence-electron chi connectivity index (χ2n) is 4.80. The van der Waals surface area contributed by atoms with Crippen molar-refractivity contribution in [2.75, 3.05) is 12.4 Å². The number of benzene rings is 2. The maximum absolute atomic E-state index is 13.8. The Balaban J connectivity index is 2.36. The van der Waals surface area contributed by atoms with Gasteiger partial charge in [0.15, 0.2) is 0 Å². The lowest BCUT2D eigenvalue weighted by atomic mass is 10.1. The van der Waals surface area contributed by atoms with Crippen molar-refractivity contribution in [2.24, 2.45) is 0 Å². The number of hydrogen-bond acceptors (Lipinski definition) is 2. The summed E-state index contributed by atoms with van der Waals surface area (Å²) in [5.41, 5.74) is 1.47. The smallest absolute Gasteiger partial charge is 0.143 e. The highest BCUT2D eigenvalue weighted by atomic mass is 35.5. The van der Waals surface area contributed by atoms with Gasteiger partial charge < -0.3 is 10.1 Å². The van der Waals surface area contributed by atoms with Crippen molar-refractivity contribution in [3.05, 3.63) is 58.1 Å². The summed E-state index contributed by atoms with van der Waals surface area (Å²) in [6.07, 6.45) is 0. The monoisotopic (exact) mass is 311 g/mol. The van der Waals surface area contributed by atoms with E-state index in [2.05, 4.69) is 5.32 Å². The van der Waals surface area contributed by atoms with Gasteiger partial charge in [0, 0.05) is 16.7 Å². The Bertz CT molecular complexity index is 641. The van der Waals surface area contributed by atoms with Crippen LogP contribution < -0.4 is 10.1 Å². The van der Waals surface area contributed by atoms with Gasteiger partial charge in [-0.3, -0.25) is 0 Å². The molecule has 5 heteroatoms. The van der Waals surface area contributed by atoms with Crippen molar-refractivity contribution in [3.63, 3.8) is 0 Å². The summed E-state index contributed by atoms with van der Waals surface area (Å²) >= 11 is 6.04. The Kier molecular flexibility index (Phi) is 4.68. The summed E-state index contributed by atoms with van der Waals surface area (Å²) < 4.78 is 32.8. The van der Waals surface area contributed by atoms with Crippen molar-refractivity contribution in [3.8, 4) is 5.75 Å². The predicted octanol–water partition coefficient (Wildman–Crippen LogP) is 5.11. The highest BCUT2D eigenvalue weighted by Crippen LogP contribution is 2.34. The molecule has 1 atom stereocenters. The molecule has 0 bridgehead atoms. The van der Waals surface area contributed by atoms with E-state index in [1.807, 2.05) is 6.92 Å². The van der Waals surface area contributed by atoms with Crippen LogP contribution in [0.25, 0.3) is 0 Å². The van der Waals surface area contributed by atoms with E-state index in [4.69, 9.17) is 16.3 Å². The number of halogens is 3. The summed E-state index contributed by atoms with van der Waals surface area (Å²) in [6, 6.07) is 6.72. The molecular formula is C16H16ClF2NO. The van der Waals surface area contributed by atoms with E-state index in [-0.39, 0.29) is 5.56 Å². The van der Waals surface area contributed by atoms with Crippen molar-refractivity contribution >= 4 is 17.3 Å². The lowest BCUT2D eigenvalue weighted by Gasteiger charge is -2.19. The average molecular weight is 312 g/mol. The van der Waals surface area contributed by atoms with Crippen LogP contribution in [0.15, 0.2) is 30.3 Å². The fourth-order valence-corrected chi connectivity index (χ4v) is 2.33. The maximum atomic E-state index is 13.8. The third-order valence-corrected chi connectivity index (χ3v) is 3.69. The fraction of sp³-hybridized carbons (Fsp3) is 0.250. The van der Waals surface area contributed by atoms with E-state index >= 15 is 0 Å². The van der Waals surface area contributed by atoms with Gasteiger partial charge in [-0.2, -0.15) is 0 Å². The second kappa shape index (κ2) is 6.31. The Morgan fingerprint density at radius 3 is 2.38 bits per heavy atom. The van der Waals surface area contributed by atoms with E-state index in [0.717, 1.165) is 5.56 Å². The van der Waals surface area contributed by atoms with Gasteiger partial charge in [0.05, 0.1) is 18.8 Å². The van der Waals surface area contributed by atoms with Gasteiger partial charge in [0.1, 0.15) is 17.4 Å². The molecule has 0 aromatic heterocycles. The molecule has 0 aliphatic heterocycles. The quantitative estimate of drug-likeness (QED) is 0.847. The van der Waals surface area contributed by atoms with E-state index in [0.29, 0.717) is 16.5 Å². The molecule has 2 nitrogen and oxygen atoms in total. The molecule has 0 aliphatic carbocycles. The van der Waals surface area contributed by atoms with Crippen LogP contribution in [0, 0.1) is 18.6 Å². The zero-order valence-corrected chi connectivity index (χ0v) is 12.8. The minimum absolute atomic E-state index is 0.00726. The molecule has 2 aromatic rings. The molecule has 2 aromatic carbocycles. The van der Waals surface area contributed by atoms with Crippen LogP contribution in [0.1, 0.15) is 24.1 Å². The molecule has 0 radical (unpaired) electrons. The van der Waals surface area contributed by atoms with Crippen molar-refractivity contribution in [1.82, 2.24) is 0 Å². The van der Waals surface area contributed by atoms with E-state index in [1.165, 1.54) is 25.3 Å². The van der Waals surface area contributed by atoms with Gasteiger partial charge >= 0.3 is 0 Å². The van der Waals surface area contributed by atoms with E-state index in [1.54, 1.807) is 19.1 Å². The Labute approximate surface area is 127 Å². The first-order valence-corrected chi connectivity index (χ1v) is 6.86. The van der Waals surface area contributed by atoms with Crippen LogP contribution in [0.3, 0.4) is 0 Å². The number of ether oxygens (including phenoxy) is 1. The number of hydrogen-bond donors (Lipinski definition) is 1. The third kappa shape index (κ3) is 3.27. The first kappa shape index (κ1) is 15.6. The normalized spacial score (nSPS) is 12.1. The van der Waals surface area contributed by atoms with Gasteiger partial charge in [-0.05, 0) is 37.6 Å². The highest BCUT2D eigenvalue weighted by molar-refractivity contribution is 6.31. The number of nitrogens with one attached hydrogen (secondary N) is 1. The predicted molar refractivity (Wildman–Crippen MR) is 81.1 cm³/mol. The summed E-state index contributed by atoms with van der Waals surface area (Å²) in [4.78, 5) is 0. The third-order valence-electron chi connectivity index (χ3n) is 3.29. The molecule has 0 heterocycles. The Morgan fingerprint density at radius 2 is 1.81 bits per heavy atom. The SMILES string of the molecule is COc1cc(Cl)c(C)cc1NC(C)c1c(F)cccc1F. The molecule has 0 amide bonds. The molecule has 112 valence electrons. The molecule has 0 saturated carbocycles. The molecule has 1 N–H and O–H groups in total. The molecule has 21 heavy (non-hydrogen) atoms. The maximum Gasteiger partial charge on any atom is 0.143 e. The lowest BCUT2D eigenvalue weighted by Crippen LogP contribution is -2.11. The summed E-state index contributed by atoms with van der Waals surface area (Å²) in [6.45, 7) is 3.53. The van der Waals surface area contributed by atoms with Crippen LogP contribution >= 0.6 is 11.6 Å². The Morgan fingerprint density at radius 1 is 1.19 bits per heavy atom. The van der Waals surface area contributed by atoms with Crippen LogP contribution in [0.4, 0.5) is 14.5 Å². The molecule has 0 saturated heterocycles. The lowest BCUT2D eigenvalue weighted by molar-refractivity contribution is 0.416. The summed E-state index contributed by atoms with van der Waals surface area (Å²) in [5, 5.41) is 3.64. The number of anilines is 1. The van der Waals surface area contributed by atoms with E-state index < -0.39 is 17.7 Å². The first-order chi connectivity index (χ1) is 9.93. The van der Waals surface area contributed by atoms with Crippen LogP contribution in [-0.4, -0.2) is 7.11 Å². The molecule has 0 spiro atoms. The van der Waals surface area contributed by atoms with Gasteiger partial charge in [-0.1, -0.05) is 17.7 Å². The standard InChI is InChI=1S/C16H16ClF2NO/c1-9-7-14(15(21-3)8-11(9)17)20-10(2)16-12(18)5-4-6-13(16)19/h4-8,10,20H,1-3H3. The minimum atomic E-state index is -0.584. The van der Waals surface area contributed by atoms with E-state index in [9.17, 15) is 8.78 Å².